The highest BCUT2D eigenvalue weighted by atomic mass is 32.2. The third-order valence-corrected chi connectivity index (χ3v) is 8.59. The molecule has 0 N–H and O–H groups in total. The Bertz CT molecular complexity index is 956. The Labute approximate surface area is 168 Å². The van der Waals surface area contributed by atoms with E-state index in [1.807, 2.05) is 6.07 Å². The summed E-state index contributed by atoms with van der Waals surface area (Å²) in [6, 6.07) is 7.43. The standard InChI is InChI=1S/C20H23FN2O3S2/c21-16-7-4-5-9-19(16)28(25,26)23-12-10-22(11-13-23)20(24)18-14-15-6-2-1-3-8-17(15)27-18/h4-5,7,9,14H,1-3,6,8,10-13H2. The summed E-state index contributed by atoms with van der Waals surface area (Å²) >= 11 is 1.58. The molecule has 28 heavy (non-hydrogen) atoms. The van der Waals surface area contributed by atoms with E-state index in [0.29, 0.717) is 13.1 Å². The van der Waals surface area contributed by atoms with E-state index in [1.54, 1.807) is 16.2 Å². The molecule has 1 fully saturated rings. The Balaban J connectivity index is 1.44. The molecule has 2 heterocycles. The third-order valence-electron chi connectivity index (χ3n) is 5.44. The lowest BCUT2D eigenvalue weighted by atomic mass is 10.1. The van der Waals surface area contributed by atoms with Gasteiger partial charge in [0.2, 0.25) is 10.0 Å². The number of sulfonamides is 1. The maximum atomic E-state index is 13.9. The van der Waals surface area contributed by atoms with Crippen molar-refractivity contribution in [2.45, 2.75) is 37.0 Å². The monoisotopic (exact) mass is 422 g/mol. The number of carbonyl (C=O) groups is 1. The number of fused-ring (bicyclic) bond motifs is 1. The van der Waals surface area contributed by atoms with Crippen LogP contribution in [0.5, 0.6) is 0 Å². The Morgan fingerprint density at radius 1 is 1.00 bits per heavy atom. The quantitative estimate of drug-likeness (QED) is 0.713. The second kappa shape index (κ2) is 7.93. The first kappa shape index (κ1) is 19.5. The number of thiophene rings is 1. The number of amides is 1. The van der Waals surface area contributed by atoms with Gasteiger partial charge in [-0.2, -0.15) is 4.31 Å². The van der Waals surface area contributed by atoms with Crippen molar-refractivity contribution < 1.29 is 17.6 Å². The van der Waals surface area contributed by atoms with E-state index < -0.39 is 15.8 Å². The van der Waals surface area contributed by atoms with Gasteiger partial charge in [-0.05, 0) is 49.4 Å². The van der Waals surface area contributed by atoms with E-state index >= 15 is 0 Å². The highest BCUT2D eigenvalue weighted by Crippen LogP contribution is 2.30. The molecular weight excluding hydrogens is 399 g/mol. The largest absolute Gasteiger partial charge is 0.335 e. The van der Waals surface area contributed by atoms with Crippen LogP contribution < -0.4 is 0 Å². The number of hydrogen-bond acceptors (Lipinski definition) is 4. The highest BCUT2D eigenvalue weighted by Gasteiger charge is 2.32. The lowest BCUT2D eigenvalue weighted by Gasteiger charge is -2.33. The van der Waals surface area contributed by atoms with E-state index in [4.69, 9.17) is 0 Å². The summed E-state index contributed by atoms with van der Waals surface area (Å²) in [7, 11) is -3.89. The van der Waals surface area contributed by atoms with Gasteiger partial charge in [-0.1, -0.05) is 18.6 Å². The van der Waals surface area contributed by atoms with Crippen LogP contribution in [-0.4, -0.2) is 49.7 Å². The predicted octanol–water partition coefficient (Wildman–Crippen LogP) is 3.30. The van der Waals surface area contributed by atoms with Gasteiger partial charge in [0.15, 0.2) is 0 Å². The molecule has 1 aromatic heterocycles. The van der Waals surface area contributed by atoms with Crippen LogP contribution in [0.3, 0.4) is 0 Å². The van der Waals surface area contributed by atoms with Crippen LogP contribution in [0.15, 0.2) is 35.2 Å². The zero-order valence-corrected chi connectivity index (χ0v) is 17.2. The number of rotatable bonds is 3. The molecule has 0 radical (unpaired) electrons. The molecule has 1 aliphatic heterocycles. The summed E-state index contributed by atoms with van der Waals surface area (Å²) in [6.45, 7) is 0.977. The number of halogens is 1. The molecule has 4 rings (SSSR count). The molecule has 0 saturated carbocycles. The molecule has 1 aromatic carbocycles. The van der Waals surface area contributed by atoms with Crippen molar-refractivity contribution in [2.75, 3.05) is 26.2 Å². The Morgan fingerprint density at radius 2 is 1.71 bits per heavy atom. The van der Waals surface area contributed by atoms with Gasteiger partial charge in [-0.3, -0.25) is 4.79 Å². The summed E-state index contributed by atoms with van der Waals surface area (Å²) in [5.41, 5.74) is 1.30. The summed E-state index contributed by atoms with van der Waals surface area (Å²) in [4.78, 5) is 16.4. The lowest BCUT2D eigenvalue weighted by Crippen LogP contribution is -2.50. The van der Waals surface area contributed by atoms with Crippen LogP contribution in [0.25, 0.3) is 0 Å². The Kier molecular flexibility index (Phi) is 5.53. The predicted molar refractivity (Wildman–Crippen MR) is 107 cm³/mol. The number of hydrogen-bond donors (Lipinski definition) is 0. The van der Waals surface area contributed by atoms with Gasteiger partial charge in [0, 0.05) is 31.1 Å². The molecule has 0 spiro atoms. The van der Waals surface area contributed by atoms with Gasteiger partial charge in [0.25, 0.3) is 5.91 Å². The first-order chi connectivity index (χ1) is 13.5. The molecule has 8 heteroatoms. The zero-order chi connectivity index (χ0) is 19.7. The average Bonchev–Trinajstić information content (AvgIpc) is 2.98. The van der Waals surface area contributed by atoms with Gasteiger partial charge in [0.1, 0.15) is 10.7 Å². The van der Waals surface area contributed by atoms with E-state index in [9.17, 15) is 17.6 Å². The van der Waals surface area contributed by atoms with Gasteiger partial charge in [0.05, 0.1) is 4.88 Å². The minimum atomic E-state index is -3.89. The molecule has 1 aliphatic carbocycles. The molecular formula is C20H23FN2O3S2. The van der Waals surface area contributed by atoms with Crippen LogP contribution in [0.1, 0.15) is 39.4 Å². The first-order valence-corrected chi connectivity index (χ1v) is 11.9. The summed E-state index contributed by atoms with van der Waals surface area (Å²) in [6.07, 6.45) is 5.66. The Morgan fingerprint density at radius 3 is 2.46 bits per heavy atom. The Hall–Kier alpha value is -1.77. The van der Waals surface area contributed by atoms with E-state index in [-0.39, 0.29) is 23.9 Å². The van der Waals surface area contributed by atoms with Crippen molar-refractivity contribution in [3.8, 4) is 0 Å². The number of nitrogens with zero attached hydrogens (tertiary/aromatic N) is 2. The molecule has 1 amide bonds. The van der Waals surface area contributed by atoms with E-state index in [2.05, 4.69) is 0 Å². The smallest absolute Gasteiger partial charge is 0.264 e. The maximum absolute atomic E-state index is 13.9. The number of aryl methyl sites for hydroxylation is 2. The van der Waals surface area contributed by atoms with Crippen LogP contribution in [0.4, 0.5) is 4.39 Å². The minimum Gasteiger partial charge on any atom is -0.335 e. The highest BCUT2D eigenvalue weighted by molar-refractivity contribution is 7.89. The number of piperazine rings is 1. The molecule has 0 unspecified atom stereocenters. The summed E-state index contributed by atoms with van der Waals surface area (Å²) < 4.78 is 40.6. The van der Waals surface area contributed by atoms with Gasteiger partial charge < -0.3 is 4.90 Å². The molecule has 2 aromatic rings. The first-order valence-electron chi connectivity index (χ1n) is 9.62. The fraction of sp³-hybridized carbons (Fsp3) is 0.450. The van der Waals surface area contributed by atoms with Crippen LogP contribution >= 0.6 is 11.3 Å². The summed E-state index contributed by atoms with van der Waals surface area (Å²) in [5, 5.41) is 0. The summed E-state index contributed by atoms with van der Waals surface area (Å²) in [5.74, 6) is -0.776. The van der Waals surface area contributed by atoms with Crippen molar-refractivity contribution in [1.82, 2.24) is 9.21 Å². The SMILES string of the molecule is O=C(c1cc2c(s1)CCCCC2)N1CCN(S(=O)(=O)c2ccccc2F)CC1. The molecule has 0 atom stereocenters. The number of carbonyl (C=O) groups excluding carboxylic acids is 1. The molecule has 0 bridgehead atoms. The van der Waals surface area contributed by atoms with Gasteiger partial charge in [-0.15, -0.1) is 11.3 Å². The van der Waals surface area contributed by atoms with Crippen LogP contribution in [0.2, 0.25) is 0 Å². The second-order valence-corrected chi connectivity index (χ2v) is 10.3. The zero-order valence-electron chi connectivity index (χ0n) is 15.6. The normalized spacial score (nSPS) is 18.5. The van der Waals surface area contributed by atoms with Crippen molar-refractivity contribution in [1.29, 1.82) is 0 Å². The molecule has 1 saturated heterocycles. The van der Waals surface area contributed by atoms with Gasteiger partial charge in [-0.25, -0.2) is 12.8 Å². The van der Waals surface area contributed by atoms with Crippen LogP contribution in [-0.2, 0) is 22.9 Å². The minimum absolute atomic E-state index is 0.0268. The van der Waals surface area contributed by atoms with Gasteiger partial charge >= 0.3 is 0 Å². The van der Waals surface area contributed by atoms with E-state index in [1.165, 1.54) is 52.2 Å². The maximum Gasteiger partial charge on any atom is 0.264 e. The molecule has 2 aliphatic rings. The average molecular weight is 423 g/mol. The van der Waals surface area contributed by atoms with Crippen molar-refractivity contribution >= 4 is 27.3 Å². The van der Waals surface area contributed by atoms with Crippen LogP contribution in [0, 0.1) is 5.82 Å². The number of benzene rings is 1. The second-order valence-electron chi connectivity index (χ2n) is 7.25. The third kappa shape index (κ3) is 3.73. The molecule has 5 nitrogen and oxygen atoms in total. The fourth-order valence-corrected chi connectivity index (χ4v) is 6.56. The molecule has 150 valence electrons. The van der Waals surface area contributed by atoms with Crippen molar-refractivity contribution in [3.63, 3.8) is 0 Å². The van der Waals surface area contributed by atoms with E-state index in [0.717, 1.165) is 23.8 Å². The van der Waals surface area contributed by atoms with Crippen molar-refractivity contribution in [3.05, 3.63) is 51.5 Å². The van der Waals surface area contributed by atoms with Crippen molar-refractivity contribution in [2.24, 2.45) is 0 Å². The fourth-order valence-electron chi connectivity index (χ4n) is 3.85. The lowest BCUT2D eigenvalue weighted by molar-refractivity contribution is 0.0702. The topological polar surface area (TPSA) is 57.7 Å².